The lowest BCUT2D eigenvalue weighted by atomic mass is 10.3. The van der Waals surface area contributed by atoms with Crippen molar-refractivity contribution in [3.8, 4) is 17.2 Å². The van der Waals surface area contributed by atoms with Crippen LogP contribution in [0.3, 0.4) is 0 Å². The van der Waals surface area contributed by atoms with Crippen molar-refractivity contribution in [1.82, 2.24) is 0 Å². The van der Waals surface area contributed by atoms with E-state index in [0.717, 1.165) is 5.75 Å². The van der Waals surface area contributed by atoms with Gasteiger partial charge in [-0.05, 0) is 43.3 Å². The molecule has 0 aliphatic carbocycles. The second kappa shape index (κ2) is 5.40. The Bertz CT molecular complexity index is 526. The van der Waals surface area contributed by atoms with E-state index in [1.807, 2.05) is 6.92 Å². The Labute approximate surface area is 105 Å². The zero-order valence-corrected chi connectivity index (χ0v) is 10.0. The summed E-state index contributed by atoms with van der Waals surface area (Å²) in [4.78, 5) is 0. The normalized spacial score (nSPS) is 10.1. The molecular weight excluding hydrogens is 233 g/mol. The lowest BCUT2D eigenvalue weighted by Gasteiger charge is -2.09. The average Bonchev–Trinajstić information content (AvgIpc) is 2.37. The molecule has 0 amide bonds. The van der Waals surface area contributed by atoms with Crippen LogP contribution in [0, 0.1) is 5.82 Å². The number of rotatable bonds is 4. The van der Waals surface area contributed by atoms with Crippen LogP contribution in [0.4, 0.5) is 10.1 Å². The number of hydrogen-bond acceptors (Lipinski definition) is 3. The van der Waals surface area contributed by atoms with Gasteiger partial charge in [-0.25, -0.2) is 4.39 Å². The van der Waals surface area contributed by atoms with Crippen LogP contribution in [-0.2, 0) is 0 Å². The first kappa shape index (κ1) is 12.2. The van der Waals surface area contributed by atoms with Crippen LogP contribution >= 0.6 is 0 Å². The molecule has 0 unspecified atom stereocenters. The molecule has 18 heavy (non-hydrogen) atoms. The predicted octanol–water partition coefficient (Wildman–Crippen LogP) is 3.60. The Morgan fingerprint density at radius 1 is 1.06 bits per heavy atom. The summed E-state index contributed by atoms with van der Waals surface area (Å²) in [6, 6.07) is 11.1. The fraction of sp³-hybridized carbons (Fsp3) is 0.143. The molecule has 0 bridgehead atoms. The van der Waals surface area contributed by atoms with Gasteiger partial charge in [-0.3, -0.25) is 0 Å². The van der Waals surface area contributed by atoms with E-state index in [9.17, 15) is 4.39 Å². The molecule has 0 saturated carbocycles. The van der Waals surface area contributed by atoms with Gasteiger partial charge < -0.3 is 15.2 Å². The zero-order chi connectivity index (χ0) is 13.0. The summed E-state index contributed by atoms with van der Waals surface area (Å²) < 4.78 is 23.9. The minimum Gasteiger partial charge on any atom is -0.494 e. The van der Waals surface area contributed by atoms with E-state index in [2.05, 4.69) is 0 Å². The van der Waals surface area contributed by atoms with Crippen molar-refractivity contribution in [2.24, 2.45) is 0 Å². The van der Waals surface area contributed by atoms with Gasteiger partial charge in [0.1, 0.15) is 17.3 Å². The number of nitrogens with two attached hydrogens (primary N) is 1. The Morgan fingerprint density at radius 2 is 1.72 bits per heavy atom. The summed E-state index contributed by atoms with van der Waals surface area (Å²) in [7, 11) is 0. The van der Waals surface area contributed by atoms with E-state index in [1.165, 1.54) is 18.2 Å². The first-order valence-corrected chi connectivity index (χ1v) is 5.65. The van der Waals surface area contributed by atoms with Crippen LogP contribution in [0.5, 0.6) is 17.2 Å². The number of ether oxygens (including phenoxy) is 2. The second-order valence-corrected chi connectivity index (χ2v) is 3.69. The molecule has 0 fully saturated rings. The summed E-state index contributed by atoms with van der Waals surface area (Å²) in [6.45, 7) is 2.52. The number of hydrogen-bond donors (Lipinski definition) is 1. The maximum Gasteiger partial charge on any atom is 0.153 e. The molecule has 94 valence electrons. The maximum atomic E-state index is 13.1. The van der Waals surface area contributed by atoms with E-state index in [1.54, 1.807) is 24.3 Å². The van der Waals surface area contributed by atoms with Gasteiger partial charge in [-0.15, -0.1) is 0 Å². The Hall–Kier alpha value is -2.23. The molecule has 4 heteroatoms. The molecular formula is C14H14FNO2. The third kappa shape index (κ3) is 2.91. The van der Waals surface area contributed by atoms with Crippen molar-refractivity contribution in [1.29, 1.82) is 0 Å². The van der Waals surface area contributed by atoms with Crippen molar-refractivity contribution >= 4 is 5.69 Å². The van der Waals surface area contributed by atoms with Crippen LogP contribution in [-0.4, -0.2) is 6.61 Å². The Morgan fingerprint density at radius 3 is 2.39 bits per heavy atom. The summed E-state index contributed by atoms with van der Waals surface area (Å²) in [5.41, 5.74) is 6.09. The van der Waals surface area contributed by atoms with Crippen LogP contribution in [0.2, 0.25) is 0 Å². The molecule has 0 saturated heterocycles. The Balaban J connectivity index is 2.15. The van der Waals surface area contributed by atoms with E-state index < -0.39 is 0 Å². The highest BCUT2D eigenvalue weighted by molar-refractivity contribution is 5.54. The van der Waals surface area contributed by atoms with Gasteiger partial charge in [0.2, 0.25) is 0 Å². The lowest BCUT2D eigenvalue weighted by Crippen LogP contribution is -1.94. The van der Waals surface area contributed by atoms with Crippen LogP contribution < -0.4 is 15.2 Å². The fourth-order valence-electron chi connectivity index (χ4n) is 1.49. The summed E-state index contributed by atoms with van der Waals surface area (Å²) >= 11 is 0. The van der Waals surface area contributed by atoms with E-state index in [-0.39, 0.29) is 5.82 Å². The van der Waals surface area contributed by atoms with E-state index in [0.29, 0.717) is 23.8 Å². The highest BCUT2D eigenvalue weighted by Crippen LogP contribution is 2.29. The van der Waals surface area contributed by atoms with Gasteiger partial charge in [0.15, 0.2) is 5.75 Å². The van der Waals surface area contributed by atoms with Crippen molar-refractivity contribution in [2.75, 3.05) is 12.3 Å². The average molecular weight is 247 g/mol. The molecule has 2 aromatic carbocycles. The first-order valence-electron chi connectivity index (χ1n) is 5.65. The van der Waals surface area contributed by atoms with Crippen LogP contribution in [0.15, 0.2) is 42.5 Å². The van der Waals surface area contributed by atoms with Gasteiger partial charge in [0.25, 0.3) is 0 Å². The van der Waals surface area contributed by atoms with E-state index >= 15 is 0 Å². The molecule has 2 rings (SSSR count). The van der Waals surface area contributed by atoms with E-state index in [4.69, 9.17) is 15.2 Å². The molecule has 0 aliphatic rings. The van der Waals surface area contributed by atoms with Crippen molar-refractivity contribution in [2.45, 2.75) is 6.92 Å². The number of nitrogen functional groups attached to an aromatic ring is 1. The summed E-state index contributed by atoms with van der Waals surface area (Å²) in [5.74, 6) is 1.26. The third-order valence-corrected chi connectivity index (χ3v) is 2.34. The quantitative estimate of drug-likeness (QED) is 0.839. The topological polar surface area (TPSA) is 44.5 Å². The standard InChI is InChI=1S/C14H14FNO2/c1-2-17-11-4-6-12(7-5-11)18-14-9-10(15)3-8-13(14)16/h3-9H,2,16H2,1H3. The number of halogens is 1. The predicted molar refractivity (Wildman–Crippen MR) is 68.5 cm³/mol. The van der Waals surface area contributed by atoms with Crippen molar-refractivity contribution in [3.63, 3.8) is 0 Å². The minimum absolute atomic E-state index is 0.305. The van der Waals surface area contributed by atoms with Crippen LogP contribution in [0.1, 0.15) is 6.92 Å². The molecule has 0 spiro atoms. The van der Waals surface area contributed by atoms with Gasteiger partial charge >= 0.3 is 0 Å². The van der Waals surface area contributed by atoms with Crippen molar-refractivity contribution in [3.05, 3.63) is 48.3 Å². The molecule has 0 radical (unpaired) electrons. The molecule has 3 nitrogen and oxygen atoms in total. The second-order valence-electron chi connectivity index (χ2n) is 3.69. The highest BCUT2D eigenvalue weighted by Gasteiger charge is 2.04. The van der Waals surface area contributed by atoms with Gasteiger partial charge in [0.05, 0.1) is 12.3 Å². The molecule has 0 heterocycles. The number of benzene rings is 2. The first-order chi connectivity index (χ1) is 8.69. The summed E-state index contributed by atoms with van der Waals surface area (Å²) in [6.07, 6.45) is 0. The largest absolute Gasteiger partial charge is 0.494 e. The highest BCUT2D eigenvalue weighted by atomic mass is 19.1. The van der Waals surface area contributed by atoms with Crippen molar-refractivity contribution < 1.29 is 13.9 Å². The van der Waals surface area contributed by atoms with Gasteiger partial charge in [-0.2, -0.15) is 0 Å². The number of anilines is 1. The monoisotopic (exact) mass is 247 g/mol. The van der Waals surface area contributed by atoms with Crippen LogP contribution in [0.25, 0.3) is 0 Å². The third-order valence-electron chi connectivity index (χ3n) is 2.34. The minimum atomic E-state index is -0.384. The fourth-order valence-corrected chi connectivity index (χ4v) is 1.49. The Kier molecular flexibility index (Phi) is 3.67. The SMILES string of the molecule is CCOc1ccc(Oc2cc(F)ccc2N)cc1. The molecule has 0 aromatic heterocycles. The summed E-state index contributed by atoms with van der Waals surface area (Å²) in [5, 5.41) is 0. The van der Waals surface area contributed by atoms with Gasteiger partial charge in [0, 0.05) is 6.07 Å². The molecule has 2 aromatic rings. The molecule has 0 atom stereocenters. The molecule has 0 aliphatic heterocycles. The van der Waals surface area contributed by atoms with Gasteiger partial charge in [-0.1, -0.05) is 0 Å². The smallest absolute Gasteiger partial charge is 0.153 e. The zero-order valence-electron chi connectivity index (χ0n) is 10.0. The maximum absolute atomic E-state index is 13.1. The lowest BCUT2D eigenvalue weighted by molar-refractivity contribution is 0.339. The molecule has 2 N–H and O–H groups in total.